The molecule has 1 aromatic heterocycles. The number of aryl methyl sites for hydroxylation is 1. The molecule has 152 valence electrons. The molecule has 1 saturated heterocycles. The Bertz CT molecular complexity index is 1170. The number of aliphatic hydroxyl groups excluding tert-OH is 1. The second kappa shape index (κ2) is 7.97. The Morgan fingerprint density at radius 3 is 2.57 bits per heavy atom. The van der Waals surface area contributed by atoms with Gasteiger partial charge in [0.05, 0.1) is 17.7 Å². The molecule has 1 unspecified atom stereocenters. The molecule has 0 radical (unpaired) electrons. The molecule has 4 rings (SSSR count). The summed E-state index contributed by atoms with van der Waals surface area (Å²) in [5, 5.41) is 13.4. The van der Waals surface area contributed by atoms with Gasteiger partial charge in [-0.2, -0.15) is 0 Å². The lowest BCUT2D eigenvalue weighted by atomic mass is 9.99. The van der Waals surface area contributed by atoms with Gasteiger partial charge in [-0.15, -0.1) is 11.3 Å². The number of hydrogen-bond donors (Lipinski definition) is 1. The van der Waals surface area contributed by atoms with E-state index in [1.54, 1.807) is 24.3 Å². The third-order valence-corrected chi connectivity index (χ3v) is 6.29. The molecule has 0 aliphatic carbocycles. The molecule has 3 aromatic rings. The number of hydrogen-bond acceptors (Lipinski definition) is 5. The number of thiophene rings is 1. The molecule has 7 heteroatoms. The van der Waals surface area contributed by atoms with Gasteiger partial charge in [0.1, 0.15) is 17.6 Å². The van der Waals surface area contributed by atoms with Crippen molar-refractivity contribution in [1.29, 1.82) is 0 Å². The van der Waals surface area contributed by atoms with Gasteiger partial charge in [0.15, 0.2) is 0 Å². The van der Waals surface area contributed by atoms with Crippen LogP contribution in [0.25, 0.3) is 5.76 Å². The minimum Gasteiger partial charge on any atom is -0.507 e. The van der Waals surface area contributed by atoms with E-state index < -0.39 is 17.7 Å². The zero-order valence-electron chi connectivity index (χ0n) is 16.3. The Kier molecular flexibility index (Phi) is 5.37. The van der Waals surface area contributed by atoms with Gasteiger partial charge >= 0.3 is 0 Å². The van der Waals surface area contributed by atoms with E-state index in [9.17, 15) is 14.7 Å². The number of anilines is 1. The van der Waals surface area contributed by atoms with Crippen LogP contribution in [-0.2, 0) is 9.59 Å². The first-order valence-corrected chi connectivity index (χ1v) is 10.4. The Hall–Kier alpha value is -3.09. The Balaban J connectivity index is 1.94. The van der Waals surface area contributed by atoms with Gasteiger partial charge in [-0.05, 0) is 48.2 Å². The fraction of sp³-hybridized carbons (Fsp3) is 0.130. The molecule has 2 heterocycles. The number of Topliss-reactive ketones (excluding diaryl/α,β-unsaturated/α-hetero) is 1. The Morgan fingerprint density at radius 1 is 1.13 bits per heavy atom. The van der Waals surface area contributed by atoms with Crippen LogP contribution in [0.1, 0.15) is 22.0 Å². The van der Waals surface area contributed by atoms with Gasteiger partial charge in [0.2, 0.25) is 0 Å². The van der Waals surface area contributed by atoms with E-state index in [-0.39, 0.29) is 11.3 Å². The van der Waals surface area contributed by atoms with Crippen molar-refractivity contribution in [1.82, 2.24) is 0 Å². The second-order valence-electron chi connectivity index (χ2n) is 6.82. The van der Waals surface area contributed by atoms with Crippen LogP contribution in [0.3, 0.4) is 0 Å². The van der Waals surface area contributed by atoms with Crippen molar-refractivity contribution >= 4 is 46.1 Å². The van der Waals surface area contributed by atoms with Crippen LogP contribution >= 0.6 is 22.9 Å². The third kappa shape index (κ3) is 3.28. The number of para-hydroxylation sites is 1. The largest absolute Gasteiger partial charge is 0.507 e. The first-order chi connectivity index (χ1) is 14.4. The van der Waals surface area contributed by atoms with Crippen LogP contribution in [0.2, 0.25) is 5.02 Å². The summed E-state index contributed by atoms with van der Waals surface area (Å²) in [6.07, 6.45) is 0. The summed E-state index contributed by atoms with van der Waals surface area (Å²) in [7, 11) is 1.47. The van der Waals surface area contributed by atoms with Gasteiger partial charge < -0.3 is 9.84 Å². The summed E-state index contributed by atoms with van der Waals surface area (Å²) in [5.74, 6) is -1.31. The molecule has 0 spiro atoms. The zero-order chi connectivity index (χ0) is 21.4. The fourth-order valence-electron chi connectivity index (χ4n) is 3.59. The summed E-state index contributed by atoms with van der Waals surface area (Å²) in [5.41, 5.74) is 1.87. The monoisotopic (exact) mass is 439 g/mol. The minimum absolute atomic E-state index is 0.0371. The molecule has 0 saturated carbocycles. The molecular weight excluding hydrogens is 422 g/mol. The van der Waals surface area contributed by atoms with E-state index in [1.165, 1.54) is 23.3 Å². The van der Waals surface area contributed by atoms with Crippen LogP contribution in [0, 0.1) is 6.92 Å². The number of nitrogens with zero attached hydrogens (tertiary/aromatic N) is 1. The number of halogens is 1. The number of methoxy groups -OCH3 is 1. The maximum atomic E-state index is 13.1. The normalized spacial score (nSPS) is 18.1. The van der Waals surface area contributed by atoms with Crippen molar-refractivity contribution in [2.75, 3.05) is 12.0 Å². The second-order valence-corrected chi connectivity index (χ2v) is 8.21. The zero-order valence-corrected chi connectivity index (χ0v) is 17.8. The Morgan fingerprint density at radius 2 is 1.90 bits per heavy atom. The van der Waals surface area contributed by atoms with E-state index in [0.29, 0.717) is 22.0 Å². The van der Waals surface area contributed by atoms with E-state index in [1.807, 2.05) is 42.6 Å². The molecule has 5 nitrogen and oxygen atoms in total. The number of amides is 1. The molecule has 1 fully saturated rings. The highest BCUT2D eigenvalue weighted by atomic mass is 35.5. The van der Waals surface area contributed by atoms with Crippen LogP contribution in [0.5, 0.6) is 5.75 Å². The maximum absolute atomic E-state index is 13.1. The molecular formula is C23H18ClNO4S. The molecule has 1 atom stereocenters. The van der Waals surface area contributed by atoms with Gasteiger partial charge in [0.25, 0.3) is 11.7 Å². The van der Waals surface area contributed by atoms with E-state index in [2.05, 4.69) is 0 Å². The third-order valence-electron chi connectivity index (χ3n) is 5.06. The first kappa shape index (κ1) is 20.2. The fourth-order valence-corrected chi connectivity index (χ4v) is 4.61. The van der Waals surface area contributed by atoms with E-state index in [0.717, 1.165) is 10.4 Å². The molecule has 0 bridgehead atoms. The van der Waals surface area contributed by atoms with Gasteiger partial charge in [-0.3, -0.25) is 14.5 Å². The van der Waals surface area contributed by atoms with Crippen LogP contribution in [0.15, 0.2) is 65.6 Å². The predicted octanol–water partition coefficient (Wildman–Crippen LogP) is 5.34. The number of carbonyl (C=O) groups is 2. The SMILES string of the molecule is COc1cc(/C(O)=C2/C(=O)C(=O)N(c3ccccc3C)C2c2cccs2)ccc1Cl. The highest BCUT2D eigenvalue weighted by molar-refractivity contribution is 7.10. The topological polar surface area (TPSA) is 66.8 Å². The quantitative estimate of drug-likeness (QED) is 0.338. The van der Waals surface area contributed by atoms with Gasteiger partial charge in [-0.1, -0.05) is 35.9 Å². The summed E-state index contributed by atoms with van der Waals surface area (Å²) < 4.78 is 5.23. The minimum atomic E-state index is -0.733. The average molecular weight is 440 g/mol. The predicted molar refractivity (Wildman–Crippen MR) is 118 cm³/mol. The lowest BCUT2D eigenvalue weighted by Crippen LogP contribution is -2.29. The number of benzene rings is 2. The van der Waals surface area contributed by atoms with Crippen molar-refractivity contribution in [3.8, 4) is 5.75 Å². The smallest absolute Gasteiger partial charge is 0.300 e. The van der Waals surface area contributed by atoms with Crippen LogP contribution in [-0.4, -0.2) is 23.9 Å². The number of carbonyl (C=O) groups excluding carboxylic acids is 2. The number of rotatable bonds is 4. The molecule has 1 aliphatic rings. The molecule has 1 N–H and O–H groups in total. The molecule has 1 amide bonds. The average Bonchev–Trinajstić information content (AvgIpc) is 3.36. The number of ether oxygens (including phenoxy) is 1. The van der Waals surface area contributed by atoms with Crippen molar-refractivity contribution in [3.63, 3.8) is 0 Å². The van der Waals surface area contributed by atoms with Crippen LogP contribution in [0.4, 0.5) is 5.69 Å². The summed E-state index contributed by atoms with van der Waals surface area (Å²) in [4.78, 5) is 28.4. The first-order valence-electron chi connectivity index (χ1n) is 9.18. The van der Waals surface area contributed by atoms with E-state index >= 15 is 0 Å². The van der Waals surface area contributed by atoms with Crippen molar-refractivity contribution in [3.05, 3.63) is 86.6 Å². The molecule has 2 aromatic carbocycles. The molecule has 30 heavy (non-hydrogen) atoms. The standard InChI is InChI=1S/C23H18ClNO4S/c1-13-6-3-4-7-16(13)25-20(18-8-5-11-30-18)19(22(27)23(25)28)21(26)14-9-10-15(24)17(12-14)29-2/h3-12,20,26H,1-2H3/b21-19-. The molecule has 1 aliphatic heterocycles. The Labute approximate surface area is 182 Å². The van der Waals surface area contributed by atoms with E-state index in [4.69, 9.17) is 16.3 Å². The number of ketones is 1. The highest BCUT2D eigenvalue weighted by Crippen LogP contribution is 2.44. The van der Waals surface area contributed by atoms with Crippen LogP contribution < -0.4 is 9.64 Å². The summed E-state index contributed by atoms with van der Waals surface area (Å²) in [6.45, 7) is 1.88. The van der Waals surface area contributed by atoms with Crippen molar-refractivity contribution in [2.24, 2.45) is 0 Å². The van der Waals surface area contributed by atoms with Gasteiger partial charge in [0, 0.05) is 16.1 Å². The highest BCUT2D eigenvalue weighted by Gasteiger charge is 2.47. The summed E-state index contributed by atoms with van der Waals surface area (Å²) >= 11 is 7.51. The summed E-state index contributed by atoms with van der Waals surface area (Å²) in [6, 6.07) is 15.0. The maximum Gasteiger partial charge on any atom is 0.300 e. The lowest BCUT2D eigenvalue weighted by molar-refractivity contribution is -0.132. The van der Waals surface area contributed by atoms with Crippen molar-refractivity contribution < 1.29 is 19.4 Å². The number of aliphatic hydroxyl groups is 1. The van der Waals surface area contributed by atoms with Crippen molar-refractivity contribution in [2.45, 2.75) is 13.0 Å². The lowest BCUT2D eigenvalue weighted by Gasteiger charge is -2.25. The van der Waals surface area contributed by atoms with Gasteiger partial charge in [-0.25, -0.2) is 0 Å².